The number of hydrogen-bond acceptors (Lipinski definition) is 6. The van der Waals surface area contributed by atoms with Gasteiger partial charge in [0.05, 0.1) is 0 Å². The van der Waals surface area contributed by atoms with E-state index >= 15 is 0 Å². The van der Waals surface area contributed by atoms with E-state index in [2.05, 4.69) is 0 Å². The van der Waals surface area contributed by atoms with Crippen molar-refractivity contribution in [1.29, 1.82) is 26.3 Å². The fourth-order valence-corrected chi connectivity index (χ4v) is 0. The SMILES string of the molecule is N.O.O.O.O.[C-]#N.[C-]#N.[C-]#N.[C-]#N.[C-]#N.[Fe+5].[Na].[Na]. The van der Waals surface area contributed by atoms with E-state index in [-0.39, 0.29) is 104 Å². The summed E-state index contributed by atoms with van der Waals surface area (Å²) in [5.74, 6) is 0. The van der Waals surface area contributed by atoms with Gasteiger partial charge in [0.2, 0.25) is 0 Å². The van der Waals surface area contributed by atoms with Gasteiger partial charge in [-0.05, 0) is 0 Å². The summed E-state index contributed by atoms with van der Waals surface area (Å²) in [6.07, 6.45) is 0. The van der Waals surface area contributed by atoms with Gasteiger partial charge in [0.15, 0.2) is 0 Å². The summed E-state index contributed by atoms with van der Waals surface area (Å²) in [7, 11) is 0. The minimum Gasteiger partial charge on any atom is -0.512 e. The Bertz CT molecular complexity index is 96.5. The van der Waals surface area contributed by atoms with Crippen LogP contribution in [-0.2, 0) is 17.1 Å². The van der Waals surface area contributed by atoms with Gasteiger partial charge in [0.1, 0.15) is 0 Å². The van der Waals surface area contributed by atoms with Crippen molar-refractivity contribution >= 4 is 59.1 Å². The van der Waals surface area contributed by atoms with Gasteiger partial charge in [-0.3, -0.25) is 0 Å². The maximum atomic E-state index is 6.25. The molecule has 0 amide bonds. The van der Waals surface area contributed by atoms with Crippen molar-refractivity contribution in [2.24, 2.45) is 0 Å². The molecule has 0 rings (SSSR count). The molecule has 95 valence electrons. The molecule has 0 saturated carbocycles. The van der Waals surface area contributed by atoms with E-state index in [0.29, 0.717) is 0 Å². The Labute approximate surface area is 162 Å². The van der Waals surface area contributed by atoms with Gasteiger partial charge in [-0.15, -0.1) is 0 Å². The quantitative estimate of drug-likeness (QED) is 0.349. The van der Waals surface area contributed by atoms with E-state index in [0.717, 1.165) is 0 Å². The van der Waals surface area contributed by atoms with Crippen molar-refractivity contribution in [3.05, 3.63) is 32.9 Å². The second-order valence-electron chi connectivity index (χ2n) is 0. The summed E-state index contributed by atoms with van der Waals surface area (Å²) in [6.45, 7) is 23.8. The third-order valence-corrected chi connectivity index (χ3v) is 0. The van der Waals surface area contributed by atoms with Crippen LogP contribution in [0.3, 0.4) is 0 Å². The van der Waals surface area contributed by atoms with Gasteiger partial charge in [-0.2, -0.15) is 0 Å². The van der Waals surface area contributed by atoms with Crippen LogP contribution < -0.4 is 6.15 Å². The second-order valence-corrected chi connectivity index (χ2v) is 0. The largest absolute Gasteiger partial charge is 5.00 e. The maximum absolute atomic E-state index is 6.25. The van der Waals surface area contributed by atoms with Gasteiger partial charge in [0, 0.05) is 59.1 Å². The number of hydrogen-bond donors (Lipinski definition) is 1. The van der Waals surface area contributed by atoms with Crippen LogP contribution in [-0.4, -0.2) is 81.0 Å². The normalized spacial score (nSPS) is 0.556. The molecular weight excluding hydrogens is 310 g/mol. The summed E-state index contributed by atoms with van der Waals surface area (Å²) < 4.78 is 0. The predicted octanol–water partition coefficient (Wildman–Crippen LogP) is -3.42. The van der Waals surface area contributed by atoms with Crippen LogP contribution in [0.2, 0.25) is 0 Å². The molecule has 0 aliphatic heterocycles. The van der Waals surface area contributed by atoms with Gasteiger partial charge >= 0.3 is 17.1 Å². The predicted molar refractivity (Wildman–Crippen MR) is 55.8 cm³/mol. The first kappa shape index (κ1) is 220. The van der Waals surface area contributed by atoms with Crippen LogP contribution in [0.5, 0.6) is 0 Å². The Hall–Kier alpha value is -0.231. The molecule has 0 atom stereocenters. The summed E-state index contributed by atoms with van der Waals surface area (Å²) in [5, 5.41) is 31.2. The smallest absolute Gasteiger partial charge is 0.512 e. The van der Waals surface area contributed by atoms with Crippen LogP contribution in [0.15, 0.2) is 0 Å². The van der Waals surface area contributed by atoms with E-state index in [9.17, 15) is 0 Å². The molecule has 0 aliphatic rings. The molecule has 18 heavy (non-hydrogen) atoms. The molecule has 0 aromatic carbocycles. The molecule has 0 spiro atoms. The molecule has 13 heteroatoms. The summed E-state index contributed by atoms with van der Waals surface area (Å²) in [4.78, 5) is 0. The average molecular weight is 321 g/mol. The minimum absolute atomic E-state index is 0. The minimum atomic E-state index is 0. The molecule has 0 saturated heterocycles. The fourth-order valence-electron chi connectivity index (χ4n) is 0. The van der Waals surface area contributed by atoms with Crippen LogP contribution >= 0.6 is 0 Å². The Morgan fingerprint density at radius 2 is 0.389 bits per heavy atom. The molecule has 0 fully saturated rings. The van der Waals surface area contributed by atoms with Gasteiger partial charge in [0.25, 0.3) is 0 Å². The monoisotopic (exact) mass is 321 g/mol. The van der Waals surface area contributed by atoms with Crippen molar-refractivity contribution in [1.82, 2.24) is 6.15 Å². The molecule has 0 aliphatic carbocycles. The zero-order valence-electron chi connectivity index (χ0n) is 9.80. The number of rotatable bonds is 0. The first-order valence-electron chi connectivity index (χ1n) is 1.12. The Morgan fingerprint density at radius 1 is 0.389 bits per heavy atom. The molecule has 0 aromatic heterocycles. The Balaban J connectivity index is -0.00000000142. The average Bonchev–Trinajstić information content (AvgIpc) is 2.20. The molecular formula is C5H11FeN6Na2O4. The third-order valence-electron chi connectivity index (χ3n) is 0. The first-order valence-corrected chi connectivity index (χ1v) is 1.12. The van der Waals surface area contributed by atoms with E-state index in [4.69, 9.17) is 59.2 Å². The molecule has 10 nitrogen and oxygen atoms in total. The van der Waals surface area contributed by atoms with E-state index in [1.54, 1.807) is 0 Å². The van der Waals surface area contributed by atoms with Crippen molar-refractivity contribution < 1.29 is 39.0 Å². The first-order chi connectivity index (χ1) is 5.00. The Kier molecular flexibility index (Phi) is 958000. The summed E-state index contributed by atoms with van der Waals surface area (Å²) in [6, 6.07) is 0. The fraction of sp³-hybridized carbons (Fsp3) is 0. The van der Waals surface area contributed by atoms with Gasteiger partial charge < -0.3 is 87.2 Å². The maximum Gasteiger partial charge on any atom is 5.00 e. The van der Waals surface area contributed by atoms with Crippen molar-refractivity contribution in [2.75, 3.05) is 0 Å². The standard InChI is InChI=1S/5CN.Fe.H3N.2Na.4H2O/c5*1-2;;;;;;;;/h;;;;;;1H3;;;4*1H2/q5*-1;+5;;;;;;;. The van der Waals surface area contributed by atoms with Crippen molar-refractivity contribution in [2.45, 2.75) is 0 Å². The molecule has 0 aromatic rings. The van der Waals surface area contributed by atoms with Crippen molar-refractivity contribution in [3.63, 3.8) is 0 Å². The van der Waals surface area contributed by atoms with E-state index < -0.39 is 0 Å². The van der Waals surface area contributed by atoms with E-state index in [1.165, 1.54) is 0 Å². The summed E-state index contributed by atoms with van der Waals surface area (Å²) in [5.41, 5.74) is 0. The number of nitrogens with zero attached hydrogens (tertiary/aromatic N) is 5. The van der Waals surface area contributed by atoms with Gasteiger partial charge in [-0.1, -0.05) is 0 Å². The zero-order valence-corrected chi connectivity index (χ0v) is 14.9. The van der Waals surface area contributed by atoms with E-state index in [1.807, 2.05) is 0 Å². The second kappa shape index (κ2) is 78500. The topological polar surface area (TPSA) is 280 Å². The van der Waals surface area contributed by atoms with Crippen LogP contribution in [0, 0.1) is 59.2 Å². The molecule has 0 unspecified atom stereocenters. The van der Waals surface area contributed by atoms with Crippen LogP contribution in [0.25, 0.3) is 0 Å². The van der Waals surface area contributed by atoms with Crippen molar-refractivity contribution in [3.8, 4) is 0 Å². The zero-order chi connectivity index (χ0) is 10.0. The van der Waals surface area contributed by atoms with Crippen LogP contribution in [0.4, 0.5) is 0 Å². The molecule has 11 N–H and O–H groups in total. The summed E-state index contributed by atoms with van der Waals surface area (Å²) >= 11 is 0. The molecule has 0 bridgehead atoms. The molecule has 0 heterocycles. The third kappa shape index (κ3) is 64700. The van der Waals surface area contributed by atoms with Crippen LogP contribution in [0.1, 0.15) is 0 Å². The molecule has 3 radical (unpaired) electrons. The Morgan fingerprint density at radius 3 is 0.389 bits per heavy atom. The van der Waals surface area contributed by atoms with Gasteiger partial charge in [-0.25, -0.2) is 0 Å².